The van der Waals surface area contributed by atoms with E-state index >= 15 is 0 Å². The lowest BCUT2D eigenvalue weighted by molar-refractivity contribution is 0.624. The summed E-state index contributed by atoms with van der Waals surface area (Å²) in [5.41, 5.74) is 2.62. The number of aryl methyl sites for hydroxylation is 1. The van der Waals surface area contributed by atoms with Crippen molar-refractivity contribution in [2.75, 3.05) is 0 Å². The molecule has 0 spiro atoms. The van der Waals surface area contributed by atoms with Crippen LogP contribution in [0.2, 0.25) is 0 Å². The molecular weight excluding hydrogens is 303 g/mol. The SMILES string of the molecule is Cc1cc(F)cc(C(Cl)c2ccc(Br)cc2)c1. The minimum Gasteiger partial charge on any atom is -0.207 e. The molecule has 3 heteroatoms. The van der Waals surface area contributed by atoms with Gasteiger partial charge in [-0.1, -0.05) is 34.1 Å². The zero-order valence-electron chi connectivity index (χ0n) is 9.25. The van der Waals surface area contributed by atoms with Crippen LogP contribution in [-0.4, -0.2) is 0 Å². The molecule has 0 amide bonds. The van der Waals surface area contributed by atoms with Gasteiger partial charge < -0.3 is 0 Å². The van der Waals surface area contributed by atoms with Gasteiger partial charge in [0, 0.05) is 4.47 Å². The molecule has 0 saturated heterocycles. The van der Waals surface area contributed by atoms with E-state index in [9.17, 15) is 4.39 Å². The number of alkyl halides is 1. The fraction of sp³-hybridized carbons (Fsp3) is 0.143. The van der Waals surface area contributed by atoms with Gasteiger partial charge in [-0.2, -0.15) is 0 Å². The van der Waals surface area contributed by atoms with Gasteiger partial charge in [0.25, 0.3) is 0 Å². The van der Waals surface area contributed by atoms with E-state index in [0.717, 1.165) is 21.2 Å². The van der Waals surface area contributed by atoms with Crippen LogP contribution in [0.4, 0.5) is 4.39 Å². The predicted octanol–water partition coefficient (Wildman–Crippen LogP) is 5.22. The van der Waals surface area contributed by atoms with E-state index in [-0.39, 0.29) is 11.2 Å². The van der Waals surface area contributed by atoms with Crippen LogP contribution in [-0.2, 0) is 0 Å². The van der Waals surface area contributed by atoms with Crippen molar-refractivity contribution in [1.29, 1.82) is 0 Å². The first-order valence-electron chi connectivity index (χ1n) is 5.23. The van der Waals surface area contributed by atoms with Gasteiger partial charge in [-0.3, -0.25) is 0 Å². The highest BCUT2D eigenvalue weighted by Gasteiger charge is 2.12. The first-order chi connectivity index (χ1) is 8.06. The molecule has 0 aliphatic heterocycles. The fourth-order valence-corrected chi connectivity index (χ4v) is 2.27. The van der Waals surface area contributed by atoms with Crippen molar-refractivity contribution in [1.82, 2.24) is 0 Å². The van der Waals surface area contributed by atoms with Crippen LogP contribution in [0.15, 0.2) is 46.9 Å². The van der Waals surface area contributed by atoms with Gasteiger partial charge in [0.15, 0.2) is 0 Å². The molecule has 1 unspecified atom stereocenters. The molecule has 0 aliphatic rings. The standard InChI is InChI=1S/C14H11BrClF/c1-9-6-11(8-13(17)7-9)14(16)10-2-4-12(15)5-3-10/h2-8,14H,1H3. The minimum atomic E-state index is -0.322. The zero-order chi connectivity index (χ0) is 12.4. The molecule has 1 atom stereocenters. The summed E-state index contributed by atoms with van der Waals surface area (Å²) < 4.78 is 14.3. The summed E-state index contributed by atoms with van der Waals surface area (Å²) in [6, 6.07) is 12.6. The Bertz CT molecular complexity index is 502. The smallest absolute Gasteiger partial charge is 0.123 e. The molecule has 88 valence electrons. The van der Waals surface area contributed by atoms with E-state index in [4.69, 9.17) is 11.6 Å². The Morgan fingerprint density at radius 3 is 2.29 bits per heavy atom. The van der Waals surface area contributed by atoms with E-state index in [1.165, 1.54) is 12.1 Å². The quantitative estimate of drug-likeness (QED) is 0.666. The Morgan fingerprint density at radius 1 is 1.06 bits per heavy atom. The highest BCUT2D eigenvalue weighted by molar-refractivity contribution is 9.10. The average molecular weight is 314 g/mol. The molecule has 0 radical (unpaired) electrons. The maximum atomic E-state index is 13.3. The van der Waals surface area contributed by atoms with Gasteiger partial charge in [-0.05, 0) is 47.9 Å². The van der Waals surface area contributed by atoms with Crippen molar-refractivity contribution in [2.24, 2.45) is 0 Å². The van der Waals surface area contributed by atoms with Crippen molar-refractivity contribution in [2.45, 2.75) is 12.3 Å². The molecule has 17 heavy (non-hydrogen) atoms. The molecule has 2 rings (SSSR count). The van der Waals surface area contributed by atoms with Crippen molar-refractivity contribution < 1.29 is 4.39 Å². The average Bonchev–Trinajstić information content (AvgIpc) is 2.28. The maximum Gasteiger partial charge on any atom is 0.123 e. The van der Waals surface area contributed by atoms with Crippen LogP contribution < -0.4 is 0 Å². The molecule has 0 bridgehead atoms. The summed E-state index contributed by atoms with van der Waals surface area (Å²) in [7, 11) is 0. The Kier molecular flexibility index (Phi) is 3.85. The molecule has 0 aromatic heterocycles. The summed E-state index contributed by atoms with van der Waals surface area (Å²) in [6.45, 7) is 1.86. The van der Waals surface area contributed by atoms with Crippen molar-refractivity contribution in [3.8, 4) is 0 Å². The van der Waals surface area contributed by atoms with Crippen LogP contribution in [0.25, 0.3) is 0 Å². The molecule has 0 N–H and O–H groups in total. The predicted molar refractivity (Wildman–Crippen MR) is 73.0 cm³/mol. The molecule has 0 aliphatic carbocycles. The van der Waals surface area contributed by atoms with E-state index in [0.29, 0.717) is 0 Å². The number of hydrogen-bond acceptors (Lipinski definition) is 0. The lowest BCUT2D eigenvalue weighted by Crippen LogP contribution is -1.95. The van der Waals surface area contributed by atoms with Gasteiger partial charge in [0.05, 0.1) is 5.38 Å². The second-order valence-electron chi connectivity index (χ2n) is 3.98. The highest BCUT2D eigenvalue weighted by Crippen LogP contribution is 2.30. The topological polar surface area (TPSA) is 0 Å². The van der Waals surface area contributed by atoms with Crippen molar-refractivity contribution >= 4 is 27.5 Å². The summed E-state index contributed by atoms with van der Waals surface area (Å²) in [5.74, 6) is -0.247. The van der Waals surface area contributed by atoms with Gasteiger partial charge in [0.1, 0.15) is 5.82 Å². The third kappa shape index (κ3) is 3.08. The zero-order valence-corrected chi connectivity index (χ0v) is 11.6. The van der Waals surface area contributed by atoms with E-state index in [1.54, 1.807) is 0 Å². The number of hydrogen-bond donors (Lipinski definition) is 0. The van der Waals surface area contributed by atoms with E-state index < -0.39 is 0 Å². The van der Waals surface area contributed by atoms with Gasteiger partial charge in [0.2, 0.25) is 0 Å². The van der Waals surface area contributed by atoms with E-state index in [1.807, 2.05) is 37.3 Å². The Balaban J connectivity index is 2.36. The Hall–Kier alpha value is -0.860. The molecule has 0 nitrogen and oxygen atoms in total. The third-order valence-corrected chi connectivity index (χ3v) is 3.55. The molecule has 2 aromatic rings. The van der Waals surface area contributed by atoms with Crippen LogP contribution in [0, 0.1) is 12.7 Å². The fourth-order valence-electron chi connectivity index (χ4n) is 1.74. The van der Waals surface area contributed by atoms with Gasteiger partial charge in [-0.15, -0.1) is 11.6 Å². The molecule has 0 fully saturated rings. The molecular formula is C14H11BrClF. The summed E-state index contributed by atoms with van der Waals surface area (Å²) in [6.07, 6.45) is 0. The lowest BCUT2D eigenvalue weighted by Gasteiger charge is -2.11. The monoisotopic (exact) mass is 312 g/mol. The summed E-state index contributed by atoms with van der Waals surface area (Å²) in [5, 5.41) is -0.322. The third-order valence-electron chi connectivity index (χ3n) is 2.52. The second kappa shape index (κ2) is 5.19. The first kappa shape index (κ1) is 12.6. The van der Waals surface area contributed by atoms with Crippen LogP contribution in [0.5, 0.6) is 0 Å². The van der Waals surface area contributed by atoms with Crippen molar-refractivity contribution in [3.63, 3.8) is 0 Å². The normalized spacial score (nSPS) is 12.5. The van der Waals surface area contributed by atoms with Crippen LogP contribution in [0.3, 0.4) is 0 Å². The highest BCUT2D eigenvalue weighted by atomic mass is 79.9. The van der Waals surface area contributed by atoms with Crippen LogP contribution >= 0.6 is 27.5 Å². The van der Waals surface area contributed by atoms with Gasteiger partial charge >= 0.3 is 0 Å². The minimum absolute atomic E-state index is 0.247. The van der Waals surface area contributed by atoms with Gasteiger partial charge in [-0.25, -0.2) is 4.39 Å². The first-order valence-corrected chi connectivity index (χ1v) is 6.46. The van der Waals surface area contributed by atoms with Crippen molar-refractivity contribution in [3.05, 3.63) is 69.4 Å². The second-order valence-corrected chi connectivity index (χ2v) is 5.33. The van der Waals surface area contributed by atoms with Crippen LogP contribution in [0.1, 0.15) is 22.1 Å². The largest absolute Gasteiger partial charge is 0.207 e. The number of rotatable bonds is 2. The number of benzene rings is 2. The maximum absolute atomic E-state index is 13.3. The summed E-state index contributed by atoms with van der Waals surface area (Å²) in [4.78, 5) is 0. The summed E-state index contributed by atoms with van der Waals surface area (Å²) >= 11 is 9.72. The Labute approximate surface area is 114 Å². The Morgan fingerprint density at radius 2 is 1.71 bits per heavy atom. The lowest BCUT2D eigenvalue weighted by atomic mass is 10.0. The molecule has 0 saturated carbocycles. The molecule has 0 heterocycles. The molecule has 2 aromatic carbocycles. The number of halogens is 3. The van der Waals surface area contributed by atoms with E-state index in [2.05, 4.69) is 15.9 Å².